The maximum absolute atomic E-state index is 12.1. The third-order valence-corrected chi connectivity index (χ3v) is 4.15. The molecule has 1 saturated heterocycles. The molecule has 1 aromatic carbocycles. The van der Waals surface area contributed by atoms with Gasteiger partial charge in [0, 0.05) is 25.2 Å². The first-order chi connectivity index (χ1) is 9.96. The van der Waals surface area contributed by atoms with Crippen molar-refractivity contribution < 1.29 is 9.53 Å². The van der Waals surface area contributed by atoms with E-state index in [9.17, 15) is 4.79 Å². The minimum atomic E-state index is 0.283. The van der Waals surface area contributed by atoms with Crippen molar-refractivity contribution in [1.82, 2.24) is 4.90 Å². The third-order valence-electron chi connectivity index (χ3n) is 4.15. The standard InChI is InChI=1S/C17H26N2O2/c1-17(2)9-8-16(20)19(12-10-17)11-3-13-21-15-6-4-14(18)5-7-15/h4-7H,3,8-13,18H2,1-2H3. The van der Waals surface area contributed by atoms with E-state index in [0.717, 1.165) is 43.8 Å². The zero-order valence-electron chi connectivity index (χ0n) is 13.1. The molecule has 0 radical (unpaired) electrons. The van der Waals surface area contributed by atoms with Gasteiger partial charge in [-0.15, -0.1) is 0 Å². The van der Waals surface area contributed by atoms with Gasteiger partial charge < -0.3 is 15.4 Å². The monoisotopic (exact) mass is 290 g/mol. The Balaban J connectivity index is 1.72. The first-order valence-electron chi connectivity index (χ1n) is 7.72. The second-order valence-electron chi connectivity index (χ2n) is 6.57. The van der Waals surface area contributed by atoms with E-state index in [2.05, 4.69) is 13.8 Å². The highest BCUT2D eigenvalue weighted by molar-refractivity contribution is 5.76. The molecule has 4 heteroatoms. The number of nitrogens with two attached hydrogens (primary N) is 1. The first-order valence-corrected chi connectivity index (χ1v) is 7.72. The number of nitrogen functional groups attached to an aromatic ring is 1. The van der Waals surface area contributed by atoms with Crippen LogP contribution in [0.4, 0.5) is 5.69 Å². The van der Waals surface area contributed by atoms with E-state index >= 15 is 0 Å². The molecule has 2 rings (SSSR count). The Morgan fingerprint density at radius 2 is 1.95 bits per heavy atom. The van der Waals surface area contributed by atoms with Gasteiger partial charge in [0.25, 0.3) is 0 Å². The minimum Gasteiger partial charge on any atom is -0.494 e. The van der Waals surface area contributed by atoms with Crippen molar-refractivity contribution in [3.05, 3.63) is 24.3 Å². The Bertz CT molecular complexity index is 468. The Morgan fingerprint density at radius 3 is 2.67 bits per heavy atom. The Hall–Kier alpha value is -1.71. The lowest BCUT2D eigenvalue weighted by atomic mass is 9.85. The SMILES string of the molecule is CC1(C)CCC(=O)N(CCCOc2ccc(N)cc2)CC1. The van der Waals surface area contributed by atoms with E-state index in [-0.39, 0.29) is 11.3 Å². The number of carbonyl (C=O) groups excluding carboxylic acids is 1. The van der Waals surface area contributed by atoms with Gasteiger partial charge in [-0.25, -0.2) is 0 Å². The summed E-state index contributed by atoms with van der Waals surface area (Å²) in [7, 11) is 0. The molecule has 1 aromatic rings. The van der Waals surface area contributed by atoms with Crippen LogP contribution in [0.5, 0.6) is 5.75 Å². The minimum absolute atomic E-state index is 0.283. The summed E-state index contributed by atoms with van der Waals surface area (Å²) in [6.45, 7) is 6.76. The van der Waals surface area contributed by atoms with Gasteiger partial charge in [0.2, 0.25) is 5.91 Å². The second-order valence-corrected chi connectivity index (χ2v) is 6.57. The molecule has 1 heterocycles. The Morgan fingerprint density at radius 1 is 1.24 bits per heavy atom. The summed E-state index contributed by atoms with van der Waals surface area (Å²) < 4.78 is 5.67. The largest absolute Gasteiger partial charge is 0.494 e. The van der Waals surface area contributed by atoms with Crippen LogP contribution in [-0.2, 0) is 4.79 Å². The fourth-order valence-electron chi connectivity index (χ4n) is 2.54. The molecule has 0 atom stereocenters. The van der Waals surface area contributed by atoms with Crippen molar-refractivity contribution in [3.8, 4) is 5.75 Å². The molecule has 0 spiro atoms. The highest BCUT2D eigenvalue weighted by Gasteiger charge is 2.26. The van der Waals surface area contributed by atoms with Gasteiger partial charge in [-0.1, -0.05) is 13.8 Å². The predicted molar refractivity (Wildman–Crippen MR) is 85.2 cm³/mol. The van der Waals surface area contributed by atoms with E-state index in [1.54, 1.807) is 0 Å². The number of benzene rings is 1. The number of hydrogen-bond acceptors (Lipinski definition) is 3. The molecule has 4 nitrogen and oxygen atoms in total. The maximum Gasteiger partial charge on any atom is 0.222 e. The predicted octanol–water partition coefficient (Wildman–Crippen LogP) is 3.08. The van der Waals surface area contributed by atoms with Gasteiger partial charge >= 0.3 is 0 Å². The van der Waals surface area contributed by atoms with Gasteiger partial charge in [-0.3, -0.25) is 4.79 Å². The molecule has 1 aliphatic heterocycles. The topological polar surface area (TPSA) is 55.6 Å². The van der Waals surface area contributed by atoms with E-state index in [1.807, 2.05) is 29.2 Å². The first kappa shape index (κ1) is 15.7. The number of hydrogen-bond donors (Lipinski definition) is 1. The lowest BCUT2D eigenvalue weighted by molar-refractivity contribution is -0.130. The van der Waals surface area contributed by atoms with Crippen molar-refractivity contribution in [2.45, 2.75) is 39.5 Å². The van der Waals surface area contributed by atoms with Gasteiger partial charge in [-0.2, -0.15) is 0 Å². The van der Waals surface area contributed by atoms with E-state index in [1.165, 1.54) is 0 Å². The van der Waals surface area contributed by atoms with Crippen LogP contribution in [0.25, 0.3) is 0 Å². The fourth-order valence-corrected chi connectivity index (χ4v) is 2.54. The van der Waals surface area contributed by atoms with Gasteiger partial charge in [0.1, 0.15) is 5.75 Å². The Kier molecular flexibility index (Phi) is 5.10. The zero-order valence-corrected chi connectivity index (χ0v) is 13.1. The molecule has 0 aliphatic carbocycles. The number of likely N-dealkylation sites (tertiary alicyclic amines) is 1. The number of carbonyl (C=O) groups is 1. The molecular weight excluding hydrogens is 264 g/mol. The average Bonchev–Trinajstić information content (AvgIpc) is 2.58. The molecule has 1 aliphatic rings. The van der Waals surface area contributed by atoms with Crippen LogP contribution in [0.2, 0.25) is 0 Å². The quantitative estimate of drug-likeness (QED) is 0.670. The Labute approximate surface area is 127 Å². The van der Waals surface area contributed by atoms with E-state index < -0.39 is 0 Å². The van der Waals surface area contributed by atoms with Crippen LogP contribution in [0.3, 0.4) is 0 Å². The summed E-state index contributed by atoms with van der Waals surface area (Å²) in [5.74, 6) is 1.11. The maximum atomic E-state index is 12.1. The zero-order chi connectivity index (χ0) is 15.3. The van der Waals surface area contributed by atoms with Crippen molar-refractivity contribution in [2.24, 2.45) is 5.41 Å². The molecule has 116 valence electrons. The highest BCUT2D eigenvalue weighted by atomic mass is 16.5. The van der Waals surface area contributed by atoms with Crippen LogP contribution in [0.15, 0.2) is 24.3 Å². The lowest BCUT2D eigenvalue weighted by Crippen LogP contribution is -2.32. The van der Waals surface area contributed by atoms with Crippen molar-refractivity contribution >= 4 is 11.6 Å². The van der Waals surface area contributed by atoms with Crippen LogP contribution in [0.1, 0.15) is 39.5 Å². The number of anilines is 1. The molecule has 0 bridgehead atoms. The molecule has 1 fully saturated rings. The summed E-state index contributed by atoms with van der Waals surface area (Å²) in [6, 6.07) is 7.40. The number of amides is 1. The van der Waals surface area contributed by atoms with Crippen LogP contribution < -0.4 is 10.5 Å². The summed E-state index contributed by atoms with van der Waals surface area (Å²) in [5, 5.41) is 0. The van der Waals surface area contributed by atoms with Crippen molar-refractivity contribution in [1.29, 1.82) is 0 Å². The summed E-state index contributed by atoms with van der Waals surface area (Å²) >= 11 is 0. The molecule has 0 unspecified atom stereocenters. The summed E-state index contributed by atoms with van der Waals surface area (Å²) in [4.78, 5) is 14.1. The second kappa shape index (κ2) is 6.83. The lowest BCUT2D eigenvalue weighted by Gasteiger charge is -2.23. The molecule has 21 heavy (non-hydrogen) atoms. The van der Waals surface area contributed by atoms with Gasteiger partial charge in [-0.05, 0) is 48.9 Å². The molecule has 0 aromatic heterocycles. The van der Waals surface area contributed by atoms with Crippen molar-refractivity contribution in [2.75, 3.05) is 25.4 Å². The average molecular weight is 290 g/mol. The van der Waals surface area contributed by atoms with Crippen molar-refractivity contribution in [3.63, 3.8) is 0 Å². The highest BCUT2D eigenvalue weighted by Crippen LogP contribution is 2.30. The fraction of sp³-hybridized carbons (Fsp3) is 0.588. The molecule has 2 N–H and O–H groups in total. The summed E-state index contributed by atoms with van der Waals surface area (Å²) in [6.07, 6.45) is 3.60. The summed E-state index contributed by atoms with van der Waals surface area (Å²) in [5.41, 5.74) is 6.65. The van der Waals surface area contributed by atoms with E-state index in [0.29, 0.717) is 13.0 Å². The van der Waals surface area contributed by atoms with Gasteiger partial charge in [0.15, 0.2) is 0 Å². The van der Waals surface area contributed by atoms with Crippen LogP contribution in [-0.4, -0.2) is 30.5 Å². The number of nitrogens with zero attached hydrogens (tertiary/aromatic N) is 1. The normalized spacial score (nSPS) is 18.4. The molecular formula is C17H26N2O2. The third kappa shape index (κ3) is 4.96. The van der Waals surface area contributed by atoms with Crippen LogP contribution in [0, 0.1) is 5.41 Å². The number of ether oxygens (including phenoxy) is 1. The smallest absolute Gasteiger partial charge is 0.222 e. The van der Waals surface area contributed by atoms with Gasteiger partial charge in [0.05, 0.1) is 6.61 Å². The number of rotatable bonds is 5. The van der Waals surface area contributed by atoms with E-state index in [4.69, 9.17) is 10.5 Å². The molecule has 1 amide bonds. The van der Waals surface area contributed by atoms with Crippen LogP contribution >= 0.6 is 0 Å². The molecule has 0 saturated carbocycles.